The number of carbonyl (C=O) groups is 2. The van der Waals surface area contributed by atoms with E-state index in [1.54, 1.807) is 29.2 Å². The highest BCUT2D eigenvalue weighted by atomic mass is 32.2. The number of thiazole rings is 1. The molecule has 43 heavy (non-hydrogen) atoms. The van der Waals surface area contributed by atoms with Crippen LogP contribution in [0.5, 0.6) is 0 Å². The summed E-state index contributed by atoms with van der Waals surface area (Å²) in [5.41, 5.74) is 2.34. The third-order valence-electron chi connectivity index (χ3n) is 8.32. The van der Waals surface area contributed by atoms with Crippen LogP contribution in [-0.4, -0.2) is 73.7 Å². The maximum atomic E-state index is 13.7. The second-order valence-corrected chi connectivity index (χ2v) is 14.1. The SMILES string of the molecule is Cc1nc(Nc2cccc(N3CCCOC3=O)n2)sc1-c1cc2c(c(S(=O)(=O)NC3COC3)c1)C(=O)N([C@@H](C)C1CC1)C2. The van der Waals surface area contributed by atoms with E-state index in [1.165, 1.54) is 16.2 Å². The van der Waals surface area contributed by atoms with Crippen molar-refractivity contribution in [2.75, 3.05) is 36.6 Å². The van der Waals surface area contributed by atoms with Crippen LogP contribution in [0.15, 0.2) is 35.2 Å². The van der Waals surface area contributed by atoms with Crippen molar-refractivity contribution in [2.45, 2.75) is 56.6 Å². The Bertz CT molecular complexity index is 1720. The van der Waals surface area contributed by atoms with E-state index in [2.05, 4.69) is 20.0 Å². The summed E-state index contributed by atoms with van der Waals surface area (Å²) in [5.74, 6) is 1.21. The molecule has 1 saturated carbocycles. The van der Waals surface area contributed by atoms with Crippen LogP contribution in [0, 0.1) is 12.8 Å². The van der Waals surface area contributed by atoms with Gasteiger partial charge in [0.25, 0.3) is 5.91 Å². The fraction of sp³-hybridized carbons (Fsp3) is 0.448. The van der Waals surface area contributed by atoms with Crippen molar-refractivity contribution in [1.29, 1.82) is 0 Å². The molecular formula is C29H32N6O6S2. The van der Waals surface area contributed by atoms with Gasteiger partial charge >= 0.3 is 6.09 Å². The quantitative estimate of drug-likeness (QED) is 0.361. The highest BCUT2D eigenvalue weighted by Gasteiger charge is 2.42. The Balaban J connectivity index is 1.22. The number of fused-ring (bicyclic) bond motifs is 1. The third kappa shape index (κ3) is 5.37. The van der Waals surface area contributed by atoms with Gasteiger partial charge in [-0.3, -0.25) is 9.69 Å². The molecule has 2 N–H and O–H groups in total. The summed E-state index contributed by atoms with van der Waals surface area (Å²) in [7, 11) is -4.00. The van der Waals surface area contributed by atoms with Crippen LogP contribution in [0.25, 0.3) is 10.4 Å². The van der Waals surface area contributed by atoms with Crippen molar-refractivity contribution in [3.8, 4) is 10.4 Å². The van der Waals surface area contributed by atoms with Crippen LogP contribution < -0.4 is 14.9 Å². The summed E-state index contributed by atoms with van der Waals surface area (Å²) >= 11 is 1.37. The number of hydrogen-bond acceptors (Lipinski definition) is 10. The van der Waals surface area contributed by atoms with Gasteiger partial charge < -0.3 is 19.7 Å². The van der Waals surface area contributed by atoms with Gasteiger partial charge in [0, 0.05) is 19.1 Å². The number of nitrogens with zero attached hydrogens (tertiary/aromatic N) is 4. The average Bonchev–Trinajstić information content (AvgIpc) is 3.68. The van der Waals surface area contributed by atoms with Crippen LogP contribution >= 0.6 is 11.3 Å². The van der Waals surface area contributed by atoms with Crippen molar-refractivity contribution < 1.29 is 27.5 Å². The number of cyclic esters (lactones) is 1. The first-order valence-electron chi connectivity index (χ1n) is 14.4. The molecule has 4 aliphatic rings. The summed E-state index contributed by atoms with van der Waals surface area (Å²) in [5, 5.41) is 3.79. The maximum absolute atomic E-state index is 13.7. The van der Waals surface area contributed by atoms with Gasteiger partial charge in [-0.25, -0.2) is 27.9 Å². The smallest absolute Gasteiger partial charge is 0.415 e. The Hall–Kier alpha value is -3.59. The summed E-state index contributed by atoms with van der Waals surface area (Å²) in [6.45, 7) is 5.81. The van der Waals surface area contributed by atoms with Crippen LogP contribution in [0.3, 0.4) is 0 Å². The van der Waals surface area contributed by atoms with Gasteiger partial charge in [-0.2, -0.15) is 0 Å². The lowest BCUT2D eigenvalue weighted by Crippen LogP contribution is -2.48. The van der Waals surface area contributed by atoms with Crippen LogP contribution in [0.1, 0.15) is 47.8 Å². The molecule has 7 rings (SSSR count). The Morgan fingerprint density at radius 2 is 1.95 bits per heavy atom. The molecule has 1 aromatic carbocycles. The zero-order chi connectivity index (χ0) is 29.9. The van der Waals surface area contributed by atoms with Crippen molar-refractivity contribution in [3.05, 3.63) is 47.2 Å². The molecule has 3 aliphatic heterocycles. The molecule has 0 bridgehead atoms. The molecule has 226 valence electrons. The van der Waals surface area contributed by atoms with E-state index >= 15 is 0 Å². The number of pyridine rings is 1. The highest BCUT2D eigenvalue weighted by molar-refractivity contribution is 7.89. The number of amides is 2. The number of aromatic nitrogens is 2. The van der Waals surface area contributed by atoms with Crippen molar-refractivity contribution in [3.63, 3.8) is 0 Å². The molecule has 1 aliphatic carbocycles. The van der Waals surface area contributed by atoms with Crippen molar-refractivity contribution in [1.82, 2.24) is 19.6 Å². The Kier molecular flexibility index (Phi) is 7.11. The lowest BCUT2D eigenvalue weighted by molar-refractivity contribution is 0.00481. The minimum Gasteiger partial charge on any atom is -0.449 e. The predicted molar refractivity (Wildman–Crippen MR) is 160 cm³/mol. The summed E-state index contributed by atoms with van der Waals surface area (Å²) in [4.78, 5) is 39.2. The number of benzene rings is 1. The van der Waals surface area contributed by atoms with Gasteiger partial charge in [0.2, 0.25) is 10.0 Å². The number of carbonyl (C=O) groups excluding carboxylic acids is 2. The van der Waals surface area contributed by atoms with Crippen LogP contribution in [-0.2, 0) is 26.0 Å². The van der Waals surface area contributed by atoms with E-state index in [-0.39, 0.29) is 28.4 Å². The monoisotopic (exact) mass is 624 g/mol. The van der Waals surface area contributed by atoms with Crippen LogP contribution in [0.2, 0.25) is 0 Å². The van der Waals surface area contributed by atoms with Gasteiger partial charge in [0.15, 0.2) is 5.13 Å². The Morgan fingerprint density at radius 3 is 2.67 bits per heavy atom. The number of aryl methyl sites for hydroxylation is 1. The molecule has 0 spiro atoms. The van der Waals surface area contributed by atoms with Gasteiger partial charge in [0.05, 0.1) is 46.9 Å². The Labute approximate surface area is 253 Å². The minimum atomic E-state index is -4.00. The minimum absolute atomic E-state index is 0.00695. The zero-order valence-electron chi connectivity index (χ0n) is 23.8. The molecule has 14 heteroatoms. The molecule has 2 saturated heterocycles. The standard InChI is InChI=1S/C29H32N6O6S2/c1-16-26(42-28(30-16)32-23-5-3-6-24(31-23)34-9-4-10-41-29(34)37)19-11-20-13-35(17(2)18-7-8-18)27(36)25(20)22(12-19)43(38,39)33-21-14-40-15-21/h3,5-6,11-12,17-18,21,33H,4,7-10,13-15H2,1-2H3,(H,30,31,32)/t17-/m0/s1. The number of ether oxygens (including phenoxy) is 2. The molecule has 0 unspecified atom stereocenters. The van der Waals surface area contributed by atoms with E-state index < -0.39 is 16.1 Å². The molecule has 3 fully saturated rings. The lowest BCUT2D eigenvalue weighted by Gasteiger charge is -2.27. The first-order chi connectivity index (χ1) is 20.7. The van der Waals surface area contributed by atoms with Crippen molar-refractivity contribution >= 4 is 50.1 Å². The lowest BCUT2D eigenvalue weighted by atomic mass is 10.0. The number of rotatable bonds is 9. The van der Waals surface area contributed by atoms with E-state index in [9.17, 15) is 18.0 Å². The van der Waals surface area contributed by atoms with E-state index in [0.29, 0.717) is 72.4 Å². The largest absolute Gasteiger partial charge is 0.449 e. The highest BCUT2D eigenvalue weighted by Crippen LogP contribution is 2.42. The van der Waals surface area contributed by atoms with Gasteiger partial charge in [-0.15, -0.1) is 0 Å². The Morgan fingerprint density at radius 1 is 1.14 bits per heavy atom. The summed E-state index contributed by atoms with van der Waals surface area (Å²) < 4.78 is 40.3. The molecule has 1 atom stereocenters. The number of anilines is 3. The van der Waals surface area contributed by atoms with E-state index in [1.807, 2.05) is 19.9 Å². The third-order valence-corrected chi connectivity index (χ3v) is 11.0. The fourth-order valence-corrected chi connectivity index (χ4v) is 8.19. The fourth-order valence-electron chi connectivity index (χ4n) is 5.76. The summed E-state index contributed by atoms with van der Waals surface area (Å²) in [6.07, 6.45) is 2.46. The second-order valence-electron chi connectivity index (χ2n) is 11.4. The van der Waals surface area contributed by atoms with E-state index in [0.717, 1.165) is 24.1 Å². The zero-order valence-corrected chi connectivity index (χ0v) is 25.5. The first-order valence-corrected chi connectivity index (χ1v) is 16.7. The summed E-state index contributed by atoms with van der Waals surface area (Å²) in [6, 6.07) is 8.57. The molecule has 2 aromatic heterocycles. The molecule has 12 nitrogen and oxygen atoms in total. The topological polar surface area (TPSA) is 143 Å². The van der Waals surface area contributed by atoms with Gasteiger partial charge in [-0.05, 0) is 74.4 Å². The number of sulfonamides is 1. The predicted octanol–water partition coefficient (Wildman–Crippen LogP) is 4.04. The molecule has 5 heterocycles. The average molecular weight is 625 g/mol. The maximum Gasteiger partial charge on any atom is 0.415 e. The normalized spacial score (nSPS) is 19.7. The number of nitrogens with one attached hydrogen (secondary N) is 2. The molecule has 3 aromatic rings. The van der Waals surface area contributed by atoms with Crippen LogP contribution in [0.4, 0.5) is 21.6 Å². The number of hydrogen-bond donors (Lipinski definition) is 2. The first kappa shape index (κ1) is 28.2. The van der Waals surface area contributed by atoms with Gasteiger partial charge in [0.1, 0.15) is 11.6 Å². The van der Waals surface area contributed by atoms with Gasteiger partial charge in [-0.1, -0.05) is 17.4 Å². The molecular weight excluding hydrogens is 592 g/mol. The van der Waals surface area contributed by atoms with E-state index in [4.69, 9.17) is 9.47 Å². The second kappa shape index (κ2) is 10.8. The molecule has 2 amide bonds. The molecule has 0 radical (unpaired) electrons. The van der Waals surface area contributed by atoms with Crippen molar-refractivity contribution in [2.24, 2.45) is 5.92 Å².